The van der Waals surface area contributed by atoms with Crippen LogP contribution in [0.3, 0.4) is 0 Å². The topological polar surface area (TPSA) is 81.5 Å². The highest BCUT2D eigenvalue weighted by Gasteiger charge is 2.20. The maximum atomic E-state index is 12.5. The quantitative estimate of drug-likeness (QED) is 0.395. The van der Waals surface area contributed by atoms with Crippen molar-refractivity contribution in [2.45, 2.75) is 31.1 Å². The molecule has 1 atom stereocenters. The first kappa shape index (κ1) is 25.6. The molecule has 0 aliphatic rings. The van der Waals surface area contributed by atoms with Crippen LogP contribution in [0.25, 0.3) is 0 Å². The number of benzene rings is 2. The Morgan fingerprint density at radius 2 is 1.79 bits per heavy atom. The number of carbonyl (C=O) groups is 1. The van der Waals surface area contributed by atoms with E-state index in [1.165, 1.54) is 11.8 Å². The molecule has 0 bridgehead atoms. The Hall–Kier alpha value is -3.04. The standard InChI is InChI=1S/C25H33N5O3S/c1-18(29(2)3)24-27-28-25(30(24)16-20-9-7-6-8-10-20)34-17-23(31)26-14-13-19-11-12-21(32-4)22(15-19)33-5/h6-12,15,18H,13-14,16-17H2,1-5H3,(H,26,31)/t18-/m0/s1. The lowest BCUT2D eigenvalue weighted by molar-refractivity contribution is -0.118. The van der Waals surface area contributed by atoms with Gasteiger partial charge in [0.25, 0.3) is 0 Å². The summed E-state index contributed by atoms with van der Waals surface area (Å²) in [6, 6.07) is 16.1. The summed E-state index contributed by atoms with van der Waals surface area (Å²) in [7, 11) is 7.26. The Balaban J connectivity index is 1.59. The number of aromatic nitrogens is 3. The number of hydrogen-bond acceptors (Lipinski definition) is 7. The van der Waals surface area contributed by atoms with Gasteiger partial charge in [0.2, 0.25) is 5.91 Å². The van der Waals surface area contributed by atoms with Crippen molar-refractivity contribution in [3.05, 3.63) is 65.5 Å². The second kappa shape index (κ2) is 12.4. The van der Waals surface area contributed by atoms with Gasteiger partial charge in [-0.1, -0.05) is 48.2 Å². The molecule has 34 heavy (non-hydrogen) atoms. The highest BCUT2D eigenvalue weighted by molar-refractivity contribution is 7.99. The summed E-state index contributed by atoms with van der Waals surface area (Å²) in [5.41, 5.74) is 2.23. The average molecular weight is 484 g/mol. The van der Waals surface area contributed by atoms with Crippen LogP contribution >= 0.6 is 11.8 Å². The van der Waals surface area contributed by atoms with Gasteiger partial charge >= 0.3 is 0 Å². The molecule has 3 aromatic rings. The molecule has 0 aliphatic carbocycles. The number of carbonyl (C=O) groups excluding carboxylic acids is 1. The summed E-state index contributed by atoms with van der Waals surface area (Å²) >= 11 is 1.40. The first-order valence-electron chi connectivity index (χ1n) is 11.2. The van der Waals surface area contributed by atoms with Crippen molar-refractivity contribution in [1.82, 2.24) is 25.0 Å². The van der Waals surface area contributed by atoms with E-state index < -0.39 is 0 Å². The number of ether oxygens (including phenoxy) is 2. The molecule has 3 rings (SSSR count). The normalized spacial score (nSPS) is 11.9. The van der Waals surface area contributed by atoms with E-state index in [4.69, 9.17) is 9.47 Å². The van der Waals surface area contributed by atoms with Crippen LogP contribution in [-0.2, 0) is 17.8 Å². The molecule has 0 unspecified atom stereocenters. The van der Waals surface area contributed by atoms with Crippen molar-refractivity contribution >= 4 is 17.7 Å². The first-order valence-corrected chi connectivity index (χ1v) is 12.1. The second-order valence-corrected chi connectivity index (χ2v) is 9.07. The minimum Gasteiger partial charge on any atom is -0.493 e. The third-order valence-electron chi connectivity index (χ3n) is 5.59. The number of thioether (sulfide) groups is 1. The molecular weight excluding hydrogens is 450 g/mol. The van der Waals surface area contributed by atoms with E-state index in [1.807, 2.05) is 50.5 Å². The summed E-state index contributed by atoms with van der Waals surface area (Å²) in [6.45, 7) is 3.29. The molecule has 9 heteroatoms. The van der Waals surface area contributed by atoms with Crippen molar-refractivity contribution < 1.29 is 14.3 Å². The van der Waals surface area contributed by atoms with Gasteiger partial charge in [0.1, 0.15) is 0 Å². The molecule has 1 heterocycles. The highest BCUT2D eigenvalue weighted by Crippen LogP contribution is 2.27. The molecule has 0 saturated heterocycles. The highest BCUT2D eigenvalue weighted by atomic mass is 32.2. The third kappa shape index (κ3) is 6.74. The van der Waals surface area contributed by atoms with Gasteiger partial charge in [0, 0.05) is 6.54 Å². The van der Waals surface area contributed by atoms with Gasteiger partial charge in [-0.25, -0.2) is 0 Å². The smallest absolute Gasteiger partial charge is 0.230 e. The summed E-state index contributed by atoms with van der Waals surface area (Å²) in [6.07, 6.45) is 0.700. The summed E-state index contributed by atoms with van der Waals surface area (Å²) in [5, 5.41) is 12.6. The number of rotatable bonds is 12. The predicted octanol–water partition coefficient (Wildman–Crippen LogP) is 3.42. The van der Waals surface area contributed by atoms with Crippen molar-refractivity contribution in [3.63, 3.8) is 0 Å². The number of amides is 1. The van der Waals surface area contributed by atoms with Crippen LogP contribution in [0.2, 0.25) is 0 Å². The lowest BCUT2D eigenvalue weighted by Crippen LogP contribution is -2.27. The third-order valence-corrected chi connectivity index (χ3v) is 6.56. The molecule has 182 valence electrons. The van der Waals surface area contributed by atoms with Crippen LogP contribution in [0.5, 0.6) is 11.5 Å². The van der Waals surface area contributed by atoms with Crippen LogP contribution in [0, 0.1) is 0 Å². The number of nitrogens with one attached hydrogen (secondary N) is 1. The minimum absolute atomic E-state index is 0.0399. The van der Waals surface area contributed by atoms with Crippen molar-refractivity contribution in [1.29, 1.82) is 0 Å². The number of nitrogens with zero attached hydrogens (tertiary/aromatic N) is 4. The molecule has 1 aromatic heterocycles. The molecule has 1 amide bonds. The van der Waals surface area contributed by atoms with Gasteiger partial charge in [0.15, 0.2) is 22.5 Å². The van der Waals surface area contributed by atoms with Crippen LogP contribution < -0.4 is 14.8 Å². The Morgan fingerprint density at radius 1 is 1.06 bits per heavy atom. The Bertz CT molecular complexity index is 1070. The average Bonchev–Trinajstić information content (AvgIpc) is 3.24. The number of hydrogen-bond donors (Lipinski definition) is 1. The second-order valence-electron chi connectivity index (χ2n) is 8.13. The molecule has 1 N–H and O–H groups in total. The van der Waals surface area contributed by atoms with Crippen LogP contribution in [-0.4, -0.2) is 66.2 Å². The van der Waals surface area contributed by atoms with E-state index >= 15 is 0 Å². The van der Waals surface area contributed by atoms with Gasteiger partial charge < -0.3 is 19.4 Å². The van der Waals surface area contributed by atoms with Gasteiger partial charge in [0.05, 0.1) is 32.6 Å². The Kier molecular flexibility index (Phi) is 9.35. The summed E-state index contributed by atoms with van der Waals surface area (Å²) in [5.74, 6) is 2.48. The van der Waals surface area contributed by atoms with Crippen molar-refractivity contribution in [3.8, 4) is 11.5 Å². The fourth-order valence-corrected chi connectivity index (χ4v) is 4.20. The van der Waals surface area contributed by atoms with Gasteiger partial charge in [-0.3, -0.25) is 9.69 Å². The largest absolute Gasteiger partial charge is 0.493 e. The van der Waals surface area contributed by atoms with Gasteiger partial charge in [-0.2, -0.15) is 0 Å². The molecule has 0 aliphatic heterocycles. The number of methoxy groups -OCH3 is 2. The lowest BCUT2D eigenvalue weighted by Gasteiger charge is -2.20. The zero-order chi connectivity index (χ0) is 24.5. The van der Waals surface area contributed by atoms with Crippen LogP contribution in [0.1, 0.15) is 29.9 Å². The maximum absolute atomic E-state index is 12.5. The maximum Gasteiger partial charge on any atom is 0.230 e. The van der Waals surface area contributed by atoms with Crippen LogP contribution in [0.4, 0.5) is 0 Å². The van der Waals surface area contributed by atoms with Crippen molar-refractivity contribution in [2.75, 3.05) is 40.6 Å². The summed E-state index contributed by atoms with van der Waals surface area (Å²) in [4.78, 5) is 14.6. The summed E-state index contributed by atoms with van der Waals surface area (Å²) < 4.78 is 12.7. The molecule has 0 spiro atoms. The SMILES string of the molecule is COc1ccc(CCNC(=O)CSc2nnc([C@H](C)N(C)C)n2Cc2ccccc2)cc1OC. The van der Waals surface area contributed by atoms with E-state index in [1.54, 1.807) is 14.2 Å². The van der Waals surface area contributed by atoms with E-state index in [0.29, 0.717) is 31.0 Å². The molecular formula is C25H33N5O3S. The predicted molar refractivity (Wildman–Crippen MR) is 135 cm³/mol. The van der Waals surface area contributed by atoms with E-state index in [-0.39, 0.29) is 17.7 Å². The fraction of sp³-hybridized carbons (Fsp3) is 0.400. The van der Waals surface area contributed by atoms with Gasteiger partial charge in [-0.15, -0.1) is 10.2 Å². The van der Waals surface area contributed by atoms with E-state index in [9.17, 15) is 4.79 Å². The fourth-order valence-electron chi connectivity index (χ4n) is 3.42. The Labute approximate surface area is 205 Å². The zero-order valence-electron chi connectivity index (χ0n) is 20.4. The zero-order valence-corrected chi connectivity index (χ0v) is 21.3. The molecule has 0 radical (unpaired) electrons. The monoisotopic (exact) mass is 483 g/mol. The Morgan fingerprint density at radius 3 is 2.47 bits per heavy atom. The first-order chi connectivity index (χ1) is 16.4. The molecule has 2 aromatic carbocycles. The minimum atomic E-state index is -0.0399. The lowest BCUT2D eigenvalue weighted by atomic mass is 10.1. The van der Waals surface area contributed by atoms with E-state index in [2.05, 4.69) is 44.0 Å². The molecule has 8 nitrogen and oxygen atoms in total. The van der Waals surface area contributed by atoms with Gasteiger partial charge in [-0.05, 0) is 50.7 Å². The molecule has 0 fully saturated rings. The van der Waals surface area contributed by atoms with E-state index in [0.717, 1.165) is 22.1 Å². The van der Waals surface area contributed by atoms with Crippen LogP contribution in [0.15, 0.2) is 53.7 Å². The molecule has 0 saturated carbocycles. The van der Waals surface area contributed by atoms with Crippen molar-refractivity contribution in [2.24, 2.45) is 0 Å².